The monoisotopic (exact) mass is 273 g/mol. The molecule has 0 aliphatic carbocycles. The number of benzene rings is 1. The van der Waals surface area contributed by atoms with E-state index in [1.165, 1.54) is 0 Å². The molecule has 3 N–H and O–H groups in total. The zero-order valence-electron chi connectivity index (χ0n) is 11.6. The minimum Gasteiger partial charge on any atom is -0.496 e. The molecule has 1 fully saturated rings. The maximum atomic E-state index is 6.07. The number of nitrogens with one attached hydrogen (secondary N) is 1. The lowest BCUT2D eigenvalue weighted by molar-refractivity contribution is 0.0846. The fourth-order valence-electron chi connectivity index (χ4n) is 2.79. The third-order valence-electron chi connectivity index (χ3n) is 3.83. The molecule has 0 amide bonds. The molecule has 20 heavy (non-hydrogen) atoms. The van der Waals surface area contributed by atoms with E-state index in [2.05, 4.69) is 10.2 Å². The van der Waals surface area contributed by atoms with E-state index in [-0.39, 0.29) is 0 Å². The van der Waals surface area contributed by atoms with Gasteiger partial charge in [0, 0.05) is 30.4 Å². The molecule has 3 rings (SSSR count). The van der Waals surface area contributed by atoms with Crippen LogP contribution in [0.2, 0.25) is 0 Å². The number of nitrogen functional groups attached to an aromatic ring is 1. The molecule has 0 bridgehead atoms. The zero-order valence-corrected chi connectivity index (χ0v) is 11.6. The van der Waals surface area contributed by atoms with Gasteiger partial charge >= 0.3 is 0 Å². The van der Waals surface area contributed by atoms with E-state index in [4.69, 9.17) is 15.2 Å². The average molecular weight is 273 g/mol. The van der Waals surface area contributed by atoms with Crippen LogP contribution in [-0.4, -0.2) is 30.5 Å². The van der Waals surface area contributed by atoms with Crippen LogP contribution in [0.4, 0.5) is 5.82 Å². The smallest absolute Gasteiger partial charge is 0.153 e. The van der Waals surface area contributed by atoms with Crippen molar-refractivity contribution in [3.05, 3.63) is 30.0 Å². The van der Waals surface area contributed by atoms with Gasteiger partial charge in [0.2, 0.25) is 0 Å². The summed E-state index contributed by atoms with van der Waals surface area (Å²) in [6.07, 6.45) is 1.98. The highest BCUT2D eigenvalue weighted by Crippen LogP contribution is 2.40. The highest BCUT2D eigenvalue weighted by Gasteiger charge is 2.24. The molecular formula is C15H19N3O2. The Morgan fingerprint density at radius 1 is 1.30 bits per heavy atom. The molecule has 1 aromatic heterocycles. The second kappa shape index (κ2) is 5.54. The van der Waals surface area contributed by atoms with Crippen LogP contribution in [0.1, 0.15) is 24.5 Å². The van der Waals surface area contributed by atoms with Crippen molar-refractivity contribution in [2.24, 2.45) is 0 Å². The summed E-state index contributed by atoms with van der Waals surface area (Å²) < 4.78 is 10.9. The third-order valence-corrected chi connectivity index (χ3v) is 3.83. The van der Waals surface area contributed by atoms with Gasteiger partial charge in [-0.05, 0) is 18.9 Å². The molecule has 5 heteroatoms. The number of aromatic amines is 1. The van der Waals surface area contributed by atoms with Gasteiger partial charge in [0.05, 0.1) is 12.7 Å². The quantitative estimate of drug-likeness (QED) is 0.901. The number of ether oxygens (including phenoxy) is 2. The first-order valence-electron chi connectivity index (χ1n) is 6.86. The SMILES string of the molecule is COc1ccccc1-c1c(N)n[nH]c1C1CCOCC1. The second-order valence-corrected chi connectivity index (χ2v) is 4.98. The minimum atomic E-state index is 0.411. The van der Waals surface area contributed by atoms with Gasteiger partial charge < -0.3 is 15.2 Å². The zero-order chi connectivity index (χ0) is 13.9. The largest absolute Gasteiger partial charge is 0.496 e. The highest BCUT2D eigenvalue weighted by molar-refractivity contribution is 5.81. The topological polar surface area (TPSA) is 73.2 Å². The molecule has 0 unspecified atom stereocenters. The summed E-state index contributed by atoms with van der Waals surface area (Å²) >= 11 is 0. The Kier molecular flexibility index (Phi) is 3.60. The summed E-state index contributed by atoms with van der Waals surface area (Å²) in [4.78, 5) is 0. The lowest BCUT2D eigenvalue weighted by Crippen LogP contribution is -2.15. The number of rotatable bonds is 3. The Morgan fingerprint density at radius 3 is 2.80 bits per heavy atom. The van der Waals surface area contributed by atoms with Crippen LogP contribution in [0.5, 0.6) is 5.75 Å². The Balaban J connectivity index is 2.06. The molecule has 0 atom stereocenters. The van der Waals surface area contributed by atoms with Gasteiger partial charge in [-0.3, -0.25) is 5.10 Å². The van der Waals surface area contributed by atoms with Crippen LogP contribution in [0.3, 0.4) is 0 Å². The number of nitrogens with two attached hydrogens (primary N) is 1. The Morgan fingerprint density at radius 2 is 2.05 bits per heavy atom. The second-order valence-electron chi connectivity index (χ2n) is 4.98. The van der Waals surface area contributed by atoms with E-state index in [1.54, 1.807) is 7.11 Å². The van der Waals surface area contributed by atoms with Crippen LogP contribution in [0.15, 0.2) is 24.3 Å². The number of para-hydroxylation sites is 1. The maximum absolute atomic E-state index is 6.07. The lowest BCUT2D eigenvalue weighted by atomic mass is 9.91. The van der Waals surface area contributed by atoms with Gasteiger partial charge in [-0.1, -0.05) is 18.2 Å². The normalized spacial score (nSPS) is 16.2. The number of hydrogen-bond acceptors (Lipinski definition) is 4. The number of nitrogens with zero attached hydrogens (tertiary/aromatic N) is 1. The standard InChI is InChI=1S/C15H19N3O2/c1-19-12-5-3-2-4-11(12)13-14(17-18-15(13)16)10-6-8-20-9-7-10/h2-5,10H,6-9H2,1H3,(H3,16,17,18). The fraction of sp³-hybridized carbons (Fsp3) is 0.400. The predicted molar refractivity (Wildman–Crippen MR) is 77.8 cm³/mol. The van der Waals surface area contributed by atoms with Gasteiger partial charge in [0.1, 0.15) is 5.75 Å². The van der Waals surface area contributed by atoms with Crippen molar-refractivity contribution in [2.45, 2.75) is 18.8 Å². The van der Waals surface area contributed by atoms with Crippen LogP contribution in [-0.2, 0) is 4.74 Å². The van der Waals surface area contributed by atoms with Crippen molar-refractivity contribution >= 4 is 5.82 Å². The van der Waals surface area contributed by atoms with Crippen molar-refractivity contribution in [3.63, 3.8) is 0 Å². The summed E-state index contributed by atoms with van der Waals surface area (Å²) in [7, 11) is 1.67. The van der Waals surface area contributed by atoms with Gasteiger partial charge in [0.25, 0.3) is 0 Å². The first-order valence-corrected chi connectivity index (χ1v) is 6.86. The molecule has 1 aliphatic rings. The van der Waals surface area contributed by atoms with Gasteiger partial charge in [-0.2, -0.15) is 5.10 Å². The summed E-state index contributed by atoms with van der Waals surface area (Å²) in [6, 6.07) is 7.89. The average Bonchev–Trinajstić information content (AvgIpc) is 2.89. The van der Waals surface area contributed by atoms with Crippen LogP contribution >= 0.6 is 0 Å². The van der Waals surface area contributed by atoms with Crippen molar-refractivity contribution < 1.29 is 9.47 Å². The summed E-state index contributed by atoms with van der Waals surface area (Å²) in [5.41, 5.74) is 9.12. The number of H-pyrrole nitrogens is 1. The molecule has 106 valence electrons. The lowest BCUT2D eigenvalue weighted by Gasteiger charge is -2.22. The summed E-state index contributed by atoms with van der Waals surface area (Å²) in [6.45, 7) is 1.57. The van der Waals surface area contributed by atoms with Crippen LogP contribution in [0, 0.1) is 0 Å². The maximum Gasteiger partial charge on any atom is 0.153 e. The van der Waals surface area contributed by atoms with Gasteiger partial charge in [-0.25, -0.2) is 0 Å². The molecule has 5 nitrogen and oxygen atoms in total. The van der Waals surface area contributed by atoms with E-state index in [1.807, 2.05) is 24.3 Å². The number of anilines is 1. The van der Waals surface area contributed by atoms with Crippen molar-refractivity contribution in [2.75, 3.05) is 26.1 Å². The fourth-order valence-corrected chi connectivity index (χ4v) is 2.79. The first-order chi connectivity index (χ1) is 9.81. The highest BCUT2D eigenvalue weighted by atomic mass is 16.5. The van der Waals surface area contributed by atoms with Gasteiger partial charge in [-0.15, -0.1) is 0 Å². The Hall–Kier alpha value is -2.01. The molecule has 1 aliphatic heterocycles. The van der Waals surface area contributed by atoms with Gasteiger partial charge in [0.15, 0.2) is 5.82 Å². The molecule has 2 heterocycles. The molecule has 0 saturated carbocycles. The molecule has 2 aromatic rings. The van der Waals surface area contributed by atoms with Crippen LogP contribution in [0.25, 0.3) is 11.1 Å². The number of methoxy groups -OCH3 is 1. The Labute approximate surface area is 118 Å². The minimum absolute atomic E-state index is 0.411. The Bertz CT molecular complexity index is 589. The van der Waals surface area contributed by atoms with Crippen LogP contribution < -0.4 is 10.5 Å². The number of hydrogen-bond donors (Lipinski definition) is 2. The van der Waals surface area contributed by atoms with E-state index in [0.717, 1.165) is 48.6 Å². The van der Waals surface area contributed by atoms with Crippen molar-refractivity contribution in [1.29, 1.82) is 0 Å². The van der Waals surface area contributed by atoms with Crippen molar-refractivity contribution in [3.8, 4) is 16.9 Å². The molecule has 1 aromatic carbocycles. The molecule has 0 radical (unpaired) electrons. The summed E-state index contributed by atoms with van der Waals surface area (Å²) in [5.74, 6) is 1.75. The molecular weight excluding hydrogens is 254 g/mol. The van der Waals surface area contributed by atoms with Crippen molar-refractivity contribution in [1.82, 2.24) is 10.2 Å². The molecule has 0 spiro atoms. The summed E-state index contributed by atoms with van der Waals surface area (Å²) in [5, 5.41) is 7.31. The molecule has 1 saturated heterocycles. The third kappa shape index (κ3) is 2.25. The van der Waals surface area contributed by atoms with E-state index in [9.17, 15) is 0 Å². The van der Waals surface area contributed by atoms with E-state index in [0.29, 0.717) is 11.7 Å². The van der Waals surface area contributed by atoms with E-state index < -0.39 is 0 Å². The first kappa shape index (κ1) is 13.0. The predicted octanol–water partition coefficient (Wildman–Crippen LogP) is 2.56. The number of aromatic nitrogens is 2. The van der Waals surface area contributed by atoms with E-state index >= 15 is 0 Å².